The van der Waals surface area contributed by atoms with Gasteiger partial charge in [-0.2, -0.15) is 23.4 Å². The molecule has 2 aromatic carbocycles. The van der Waals surface area contributed by atoms with Gasteiger partial charge in [0.25, 0.3) is 5.91 Å². The summed E-state index contributed by atoms with van der Waals surface area (Å²) in [6, 6.07) is 2.79. The van der Waals surface area contributed by atoms with E-state index >= 15 is 0 Å². The molecular weight excluding hydrogens is 642 g/mol. The Balaban J connectivity index is 1.65. The second-order valence-corrected chi connectivity index (χ2v) is 10.6. The van der Waals surface area contributed by atoms with Crippen LogP contribution in [0.15, 0.2) is 36.5 Å². The van der Waals surface area contributed by atoms with Crippen molar-refractivity contribution in [2.45, 2.75) is 43.6 Å². The van der Waals surface area contributed by atoms with Crippen LogP contribution >= 0.6 is 23.2 Å². The Morgan fingerprint density at radius 1 is 1.09 bits per heavy atom. The molecule has 4 aromatic rings. The summed E-state index contributed by atoms with van der Waals surface area (Å²) in [4.78, 5) is 16.4. The molecule has 0 aliphatic carbocycles. The van der Waals surface area contributed by atoms with Crippen molar-refractivity contribution in [2.75, 3.05) is 6.61 Å². The number of amides is 1. The van der Waals surface area contributed by atoms with Gasteiger partial charge in [-0.3, -0.25) is 9.48 Å². The van der Waals surface area contributed by atoms with Gasteiger partial charge in [0.05, 0.1) is 17.9 Å². The van der Waals surface area contributed by atoms with Crippen LogP contribution in [0, 0.1) is 18.6 Å². The summed E-state index contributed by atoms with van der Waals surface area (Å²) in [6.07, 6.45) is -10.5. The first kappa shape index (κ1) is 31.7. The van der Waals surface area contributed by atoms with Gasteiger partial charge >= 0.3 is 6.18 Å². The van der Waals surface area contributed by atoms with Crippen LogP contribution in [-0.4, -0.2) is 70.7 Å². The first-order valence-electron chi connectivity index (χ1n) is 12.6. The predicted octanol–water partition coefficient (Wildman–Crippen LogP) is 3.54. The Hall–Kier alpha value is -3.67. The normalized spacial score (nSPS) is 22.4. The van der Waals surface area contributed by atoms with Gasteiger partial charge in [-0.15, -0.1) is 0 Å². The minimum absolute atomic E-state index is 0.0312. The van der Waals surface area contributed by atoms with E-state index in [9.17, 15) is 42.1 Å². The smallest absolute Gasteiger partial charge is 0.394 e. The van der Waals surface area contributed by atoms with Gasteiger partial charge in [0.1, 0.15) is 52.9 Å². The van der Waals surface area contributed by atoms with Crippen molar-refractivity contribution in [1.82, 2.24) is 24.5 Å². The lowest BCUT2D eigenvalue weighted by molar-refractivity contribution is -0.210. The summed E-state index contributed by atoms with van der Waals surface area (Å²) in [5, 5.41) is 39.8. The zero-order valence-electron chi connectivity index (χ0n) is 22.2. The molecule has 5 atom stereocenters. The standard InChI is InChI=1S/C26H21Cl2F5N6O5/c1-9-35-25(39(36-9)16-6-11(27)2-3-13(16)26(31,32)33)23-22(42)20(21(41)17(8-40)44-23)38-7-12(19(37-38)24(34)43)10-4-14(29)18(28)15(30)5-10/h2-7,17,20-23,40-42H,8H2,1H3,(H2,34,43)/t17?,20?,21-,22-,23+/m0/s1. The second kappa shape index (κ2) is 11.7. The van der Waals surface area contributed by atoms with Gasteiger partial charge in [-0.05, 0) is 42.8 Å². The number of nitrogens with two attached hydrogens (primary N) is 1. The van der Waals surface area contributed by atoms with Crippen molar-refractivity contribution in [2.24, 2.45) is 5.73 Å². The van der Waals surface area contributed by atoms with E-state index in [1.54, 1.807) is 0 Å². The maximum absolute atomic E-state index is 14.3. The molecule has 0 radical (unpaired) electrons. The zero-order valence-corrected chi connectivity index (χ0v) is 23.7. The second-order valence-electron chi connectivity index (χ2n) is 9.83. The Morgan fingerprint density at radius 3 is 2.34 bits per heavy atom. The minimum atomic E-state index is -4.85. The third kappa shape index (κ3) is 5.64. The van der Waals surface area contributed by atoms with E-state index in [1.165, 1.54) is 6.92 Å². The topological polar surface area (TPSA) is 162 Å². The van der Waals surface area contributed by atoms with Crippen molar-refractivity contribution in [3.8, 4) is 16.8 Å². The lowest BCUT2D eigenvalue weighted by Crippen LogP contribution is -2.53. The Bertz CT molecular complexity index is 1730. The highest BCUT2D eigenvalue weighted by Crippen LogP contribution is 2.41. The predicted molar refractivity (Wildman–Crippen MR) is 143 cm³/mol. The number of benzene rings is 2. The highest BCUT2D eigenvalue weighted by atomic mass is 35.5. The number of primary amides is 1. The first-order valence-corrected chi connectivity index (χ1v) is 13.3. The van der Waals surface area contributed by atoms with Crippen LogP contribution in [0.1, 0.15) is 39.8 Å². The number of aliphatic hydroxyl groups excluding tert-OH is 3. The van der Waals surface area contributed by atoms with E-state index in [-0.39, 0.29) is 27.8 Å². The number of aromatic nitrogens is 5. The van der Waals surface area contributed by atoms with Crippen molar-refractivity contribution in [3.63, 3.8) is 0 Å². The zero-order chi connectivity index (χ0) is 32.2. The van der Waals surface area contributed by atoms with Crippen LogP contribution < -0.4 is 5.73 Å². The molecule has 1 aliphatic rings. The first-order chi connectivity index (χ1) is 20.6. The number of carbonyl (C=O) groups excluding carboxylic acids is 1. The molecule has 0 saturated carbocycles. The average molecular weight is 663 g/mol. The molecule has 3 heterocycles. The molecule has 2 unspecified atom stereocenters. The number of alkyl halides is 3. The number of carbonyl (C=O) groups is 1. The Labute approximate surface area is 254 Å². The van der Waals surface area contributed by atoms with Crippen LogP contribution in [0.5, 0.6) is 0 Å². The summed E-state index contributed by atoms with van der Waals surface area (Å²) in [5.41, 5.74) is 2.82. The van der Waals surface area contributed by atoms with E-state index in [0.717, 1.165) is 45.9 Å². The Morgan fingerprint density at radius 2 is 1.75 bits per heavy atom. The molecule has 1 saturated heterocycles. The third-order valence-corrected chi connectivity index (χ3v) is 7.54. The van der Waals surface area contributed by atoms with E-state index < -0.39 is 82.7 Å². The molecule has 1 aliphatic heterocycles. The summed E-state index contributed by atoms with van der Waals surface area (Å²) < 4.78 is 77.7. The van der Waals surface area contributed by atoms with Crippen LogP contribution in [-0.2, 0) is 10.9 Å². The lowest BCUT2D eigenvalue weighted by atomic mass is 9.92. The monoisotopic (exact) mass is 662 g/mol. The minimum Gasteiger partial charge on any atom is -0.394 e. The van der Waals surface area contributed by atoms with Crippen molar-refractivity contribution >= 4 is 29.1 Å². The lowest BCUT2D eigenvalue weighted by Gasteiger charge is -2.42. The highest BCUT2D eigenvalue weighted by molar-refractivity contribution is 6.31. The molecule has 11 nitrogen and oxygen atoms in total. The van der Waals surface area contributed by atoms with Crippen LogP contribution in [0.3, 0.4) is 0 Å². The summed E-state index contributed by atoms with van der Waals surface area (Å²) in [7, 11) is 0. The van der Waals surface area contributed by atoms with E-state index in [0.29, 0.717) is 0 Å². The SMILES string of the molecule is Cc1nc([C@@H]2OC(CO)[C@H](O)C(n3cc(-c4cc(F)c(Cl)c(F)c4)c(C(N)=O)n3)[C@@H]2O)n(-c2cc(Cl)ccc2C(F)(F)F)n1. The number of rotatable bonds is 6. The highest BCUT2D eigenvalue weighted by Gasteiger charge is 2.49. The molecule has 18 heteroatoms. The van der Waals surface area contributed by atoms with Gasteiger partial charge in [0.2, 0.25) is 0 Å². The fourth-order valence-electron chi connectivity index (χ4n) is 4.99. The van der Waals surface area contributed by atoms with Gasteiger partial charge in [0, 0.05) is 16.8 Å². The average Bonchev–Trinajstić information content (AvgIpc) is 3.55. The molecule has 2 aromatic heterocycles. The number of aryl methyl sites for hydroxylation is 1. The van der Waals surface area contributed by atoms with E-state index in [1.807, 2.05) is 0 Å². The number of halogens is 7. The molecular formula is C26H21Cl2F5N6O5. The molecule has 1 amide bonds. The molecule has 44 heavy (non-hydrogen) atoms. The van der Waals surface area contributed by atoms with Crippen LogP contribution in [0.4, 0.5) is 22.0 Å². The summed E-state index contributed by atoms with van der Waals surface area (Å²) in [5.74, 6) is -3.86. The van der Waals surface area contributed by atoms with Crippen LogP contribution in [0.2, 0.25) is 10.0 Å². The van der Waals surface area contributed by atoms with Crippen LogP contribution in [0.25, 0.3) is 16.8 Å². The summed E-state index contributed by atoms with van der Waals surface area (Å²) in [6.45, 7) is 0.523. The van der Waals surface area contributed by atoms with Gasteiger partial charge < -0.3 is 25.8 Å². The van der Waals surface area contributed by atoms with Crippen molar-refractivity contribution in [3.05, 3.63) is 81.1 Å². The number of ether oxygens (including phenoxy) is 1. The molecule has 5 rings (SSSR count). The fourth-order valence-corrected chi connectivity index (χ4v) is 5.26. The number of aliphatic hydroxyl groups is 3. The quantitative estimate of drug-likeness (QED) is 0.180. The molecule has 1 fully saturated rings. The summed E-state index contributed by atoms with van der Waals surface area (Å²) >= 11 is 11.6. The fraction of sp³-hybridized carbons (Fsp3) is 0.308. The van der Waals surface area contributed by atoms with Gasteiger partial charge in [-0.1, -0.05) is 23.2 Å². The van der Waals surface area contributed by atoms with Gasteiger partial charge in [-0.25, -0.2) is 18.4 Å². The molecule has 234 valence electrons. The number of hydrogen-bond acceptors (Lipinski definition) is 8. The largest absolute Gasteiger partial charge is 0.418 e. The van der Waals surface area contributed by atoms with E-state index in [4.69, 9.17) is 33.7 Å². The molecule has 0 bridgehead atoms. The molecule has 5 N–H and O–H groups in total. The van der Waals surface area contributed by atoms with Gasteiger partial charge in [0.15, 0.2) is 11.5 Å². The Kier molecular flexibility index (Phi) is 8.43. The van der Waals surface area contributed by atoms with Crippen molar-refractivity contribution < 1.29 is 46.8 Å². The molecule has 0 spiro atoms. The maximum Gasteiger partial charge on any atom is 0.418 e. The number of hydrogen-bond donors (Lipinski definition) is 4. The van der Waals surface area contributed by atoms with Crippen molar-refractivity contribution in [1.29, 1.82) is 0 Å². The third-order valence-electron chi connectivity index (χ3n) is 6.94. The number of nitrogens with zero attached hydrogens (tertiary/aromatic N) is 5. The van der Waals surface area contributed by atoms with E-state index in [2.05, 4.69) is 15.2 Å². The maximum atomic E-state index is 14.3.